The summed E-state index contributed by atoms with van der Waals surface area (Å²) in [6, 6.07) is -0.833. The molecule has 0 aromatic heterocycles. The van der Waals surface area contributed by atoms with Gasteiger partial charge in [0.1, 0.15) is 6.04 Å². The molecule has 4 nitrogen and oxygen atoms in total. The molecule has 0 aliphatic rings. The highest BCUT2D eigenvalue weighted by Crippen LogP contribution is 2.28. The highest BCUT2D eigenvalue weighted by atomic mass is 32.2. The van der Waals surface area contributed by atoms with Gasteiger partial charge in [0, 0.05) is 11.4 Å². The Morgan fingerprint density at radius 1 is 1.40 bits per heavy atom. The first-order valence-electron chi connectivity index (χ1n) is 5.15. The third kappa shape index (κ3) is 6.02. The number of aliphatic hydroxyl groups is 1. The van der Waals surface area contributed by atoms with Gasteiger partial charge in [0.05, 0.1) is 0 Å². The Hall–Kier alpha value is -0.260. The van der Waals surface area contributed by atoms with Crippen LogP contribution in [0.15, 0.2) is 0 Å². The molecule has 4 N–H and O–H groups in total. The van der Waals surface area contributed by atoms with E-state index < -0.39 is 16.8 Å². The number of nitrogens with two attached hydrogens (primary N) is 1. The van der Waals surface area contributed by atoms with Crippen molar-refractivity contribution in [3.63, 3.8) is 0 Å². The molecule has 0 spiro atoms. The van der Waals surface area contributed by atoms with Crippen molar-refractivity contribution in [2.24, 2.45) is 5.73 Å². The van der Waals surface area contributed by atoms with Crippen molar-refractivity contribution in [2.45, 2.75) is 43.9 Å². The van der Waals surface area contributed by atoms with Gasteiger partial charge in [-0.3, -0.25) is 4.79 Å². The largest absolute Gasteiger partial charge is 0.480 e. The van der Waals surface area contributed by atoms with Crippen LogP contribution in [0.1, 0.15) is 33.1 Å². The van der Waals surface area contributed by atoms with E-state index in [4.69, 9.17) is 15.9 Å². The third-order valence-corrected chi connectivity index (χ3v) is 3.78. The van der Waals surface area contributed by atoms with E-state index in [-0.39, 0.29) is 6.61 Å². The zero-order valence-corrected chi connectivity index (χ0v) is 10.2. The van der Waals surface area contributed by atoms with Crippen molar-refractivity contribution in [2.75, 3.05) is 12.4 Å². The first-order valence-corrected chi connectivity index (χ1v) is 6.13. The lowest BCUT2D eigenvalue weighted by atomic mass is 10.1. The highest BCUT2D eigenvalue weighted by Gasteiger charge is 2.32. The lowest BCUT2D eigenvalue weighted by molar-refractivity contribution is -0.139. The van der Waals surface area contributed by atoms with Gasteiger partial charge in [-0.25, -0.2) is 0 Å². The number of aliphatic hydroxyl groups excluding tert-OH is 1. The maximum Gasteiger partial charge on any atom is 0.321 e. The van der Waals surface area contributed by atoms with Gasteiger partial charge >= 0.3 is 5.97 Å². The highest BCUT2D eigenvalue weighted by molar-refractivity contribution is 8.00. The van der Waals surface area contributed by atoms with Gasteiger partial charge in [-0.2, -0.15) is 11.8 Å². The van der Waals surface area contributed by atoms with Gasteiger partial charge < -0.3 is 15.9 Å². The summed E-state index contributed by atoms with van der Waals surface area (Å²) in [5.74, 6) is -0.0728. The fraction of sp³-hybridized carbons (Fsp3) is 0.900. The average Bonchev–Trinajstić information content (AvgIpc) is 2.16. The second kappa shape index (κ2) is 7.09. The molecule has 0 radical (unpaired) electrons. The van der Waals surface area contributed by atoms with Crippen LogP contribution in [0.2, 0.25) is 0 Å². The number of carboxylic acids is 1. The van der Waals surface area contributed by atoms with Gasteiger partial charge in [-0.05, 0) is 32.4 Å². The molecule has 5 heteroatoms. The van der Waals surface area contributed by atoms with Crippen LogP contribution in [-0.4, -0.2) is 39.3 Å². The Morgan fingerprint density at radius 3 is 2.47 bits per heavy atom. The third-order valence-electron chi connectivity index (χ3n) is 2.29. The van der Waals surface area contributed by atoms with Crippen molar-refractivity contribution in [3.05, 3.63) is 0 Å². The zero-order chi connectivity index (χ0) is 11.9. The van der Waals surface area contributed by atoms with Crippen LogP contribution < -0.4 is 5.73 Å². The molecule has 0 amide bonds. The Bertz CT molecular complexity index is 197. The molecule has 0 saturated heterocycles. The SMILES string of the molecule is CC(C)(SCCCCCO)[C@H](N)C(=O)O. The Balaban J connectivity index is 3.78. The number of carbonyl (C=O) groups is 1. The summed E-state index contributed by atoms with van der Waals surface area (Å²) in [6.45, 7) is 3.92. The molecule has 0 unspecified atom stereocenters. The van der Waals surface area contributed by atoms with Crippen molar-refractivity contribution < 1.29 is 15.0 Å². The van der Waals surface area contributed by atoms with Gasteiger partial charge in [0.25, 0.3) is 0 Å². The minimum Gasteiger partial charge on any atom is -0.480 e. The number of aliphatic carboxylic acids is 1. The number of hydrogen-bond donors (Lipinski definition) is 3. The van der Waals surface area contributed by atoms with Gasteiger partial charge in [0.2, 0.25) is 0 Å². The van der Waals surface area contributed by atoms with Crippen LogP contribution >= 0.6 is 11.8 Å². The minimum atomic E-state index is -0.956. The van der Waals surface area contributed by atoms with E-state index >= 15 is 0 Å². The summed E-state index contributed by atoms with van der Waals surface area (Å²) in [6.07, 6.45) is 2.77. The first-order chi connectivity index (χ1) is 6.91. The number of unbranched alkanes of at least 4 members (excludes halogenated alkanes) is 2. The lowest BCUT2D eigenvalue weighted by Gasteiger charge is -2.27. The fourth-order valence-corrected chi connectivity index (χ4v) is 2.27. The number of carboxylic acid groups (broad SMARTS) is 1. The quantitative estimate of drug-likeness (QED) is 0.548. The summed E-state index contributed by atoms with van der Waals surface area (Å²) in [5.41, 5.74) is 5.57. The zero-order valence-electron chi connectivity index (χ0n) is 9.40. The molecule has 0 fully saturated rings. The molecule has 0 aromatic carbocycles. The van der Waals surface area contributed by atoms with Crippen molar-refractivity contribution >= 4 is 17.7 Å². The molecule has 0 aliphatic carbocycles. The van der Waals surface area contributed by atoms with Gasteiger partial charge in [-0.1, -0.05) is 6.42 Å². The summed E-state index contributed by atoms with van der Waals surface area (Å²) in [5, 5.41) is 17.4. The number of rotatable bonds is 8. The summed E-state index contributed by atoms with van der Waals surface area (Å²) < 4.78 is -0.439. The molecule has 0 aromatic rings. The van der Waals surface area contributed by atoms with Gasteiger partial charge in [0.15, 0.2) is 0 Å². The molecule has 0 heterocycles. The normalized spacial score (nSPS) is 13.9. The van der Waals surface area contributed by atoms with E-state index in [1.165, 1.54) is 0 Å². The summed E-state index contributed by atoms with van der Waals surface area (Å²) >= 11 is 1.58. The van der Waals surface area contributed by atoms with Crippen LogP contribution in [-0.2, 0) is 4.79 Å². The predicted molar refractivity (Wildman–Crippen MR) is 63.1 cm³/mol. The molecule has 0 rings (SSSR count). The molecule has 0 saturated carbocycles. The van der Waals surface area contributed by atoms with E-state index in [0.717, 1.165) is 25.0 Å². The lowest BCUT2D eigenvalue weighted by Crippen LogP contribution is -2.46. The average molecular weight is 235 g/mol. The molecule has 0 bridgehead atoms. The second-order valence-corrected chi connectivity index (χ2v) is 5.80. The van der Waals surface area contributed by atoms with E-state index in [0.29, 0.717) is 0 Å². The maximum atomic E-state index is 10.7. The van der Waals surface area contributed by atoms with Crippen molar-refractivity contribution in [3.8, 4) is 0 Å². The van der Waals surface area contributed by atoms with E-state index in [1.54, 1.807) is 11.8 Å². The Kier molecular flexibility index (Phi) is 6.96. The topological polar surface area (TPSA) is 83.5 Å². The maximum absolute atomic E-state index is 10.7. The molecule has 0 aliphatic heterocycles. The van der Waals surface area contributed by atoms with Crippen molar-refractivity contribution in [1.29, 1.82) is 0 Å². The van der Waals surface area contributed by atoms with Crippen LogP contribution in [0, 0.1) is 0 Å². The van der Waals surface area contributed by atoms with Crippen molar-refractivity contribution in [1.82, 2.24) is 0 Å². The summed E-state index contributed by atoms with van der Waals surface area (Å²) in [4.78, 5) is 10.7. The van der Waals surface area contributed by atoms with E-state index in [2.05, 4.69) is 0 Å². The Labute approximate surface area is 95.2 Å². The summed E-state index contributed by atoms with van der Waals surface area (Å²) in [7, 11) is 0. The molecule has 1 atom stereocenters. The van der Waals surface area contributed by atoms with E-state index in [1.807, 2.05) is 13.8 Å². The molecule has 90 valence electrons. The van der Waals surface area contributed by atoms with E-state index in [9.17, 15) is 4.79 Å². The van der Waals surface area contributed by atoms with Crippen LogP contribution in [0.4, 0.5) is 0 Å². The monoisotopic (exact) mass is 235 g/mol. The number of thioether (sulfide) groups is 1. The van der Waals surface area contributed by atoms with Crippen LogP contribution in [0.3, 0.4) is 0 Å². The van der Waals surface area contributed by atoms with Crippen LogP contribution in [0.5, 0.6) is 0 Å². The minimum absolute atomic E-state index is 0.225. The fourth-order valence-electron chi connectivity index (χ4n) is 1.11. The second-order valence-electron chi connectivity index (χ2n) is 4.05. The molecular weight excluding hydrogens is 214 g/mol. The first kappa shape index (κ1) is 14.7. The number of hydrogen-bond acceptors (Lipinski definition) is 4. The standard InChI is InChI=1S/C10H21NO3S/c1-10(2,8(11)9(13)14)15-7-5-3-4-6-12/h8,12H,3-7,11H2,1-2H3,(H,13,14)/t8-/m1/s1. The molecule has 15 heavy (non-hydrogen) atoms. The van der Waals surface area contributed by atoms with Crippen LogP contribution in [0.25, 0.3) is 0 Å². The molecular formula is C10H21NO3S. The van der Waals surface area contributed by atoms with Gasteiger partial charge in [-0.15, -0.1) is 0 Å². The predicted octanol–water partition coefficient (Wildman–Crippen LogP) is 1.07. The smallest absolute Gasteiger partial charge is 0.321 e. The Morgan fingerprint density at radius 2 is 2.00 bits per heavy atom.